The van der Waals surface area contributed by atoms with Gasteiger partial charge < -0.3 is 9.47 Å². The molecule has 144 valence electrons. The topological polar surface area (TPSA) is 18.5 Å². The lowest BCUT2D eigenvalue weighted by atomic mass is 9.82. The molecule has 0 unspecified atom stereocenters. The second-order valence-electron chi connectivity index (χ2n) is 7.23. The molecule has 2 aliphatic rings. The molecule has 6 rings (SSSR count). The van der Waals surface area contributed by atoms with Gasteiger partial charge in [-0.3, -0.25) is 0 Å². The second-order valence-corrected chi connectivity index (χ2v) is 9.06. The van der Waals surface area contributed by atoms with Gasteiger partial charge in [-0.25, -0.2) is 0 Å². The molecule has 4 aromatic rings. The molecule has 0 saturated heterocycles. The molecule has 4 aromatic carbocycles. The van der Waals surface area contributed by atoms with Crippen molar-refractivity contribution in [2.75, 3.05) is 0 Å². The summed E-state index contributed by atoms with van der Waals surface area (Å²) in [4.78, 5) is 0. The number of hydrogen-bond donors (Lipinski definition) is 0. The summed E-state index contributed by atoms with van der Waals surface area (Å²) in [5.74, 6) is 3.39. The Kier molecular flexibility index (Phi) is 4.12. The van der Waals surface area contributed by atoms with E-state index in [-0.39, 0.29) is 0 Å². The highest BCUT2D eigenvalue weighted by molar-refractivity contribution is 9.10. The van der Waals surface area contributed by atoms with Gasteiger partial charge in [0.15, 0.2) is 0 Å². The standard InChI is InChI=1S/C26H14Br2O2/c27-15-9-11-19-23(13-15)29-21-7-3-1-5-17(21)25(19)26-18-6-2-4-8-22(18)30-24-14-16(28)10-12-20(24)26/h1-14H. The summed E-state index contributed by atoms with van der Waals surface area (Å²) in [5.41, 5.74) is 6.59. The van der Waals surface area contributed by atoms with Crippen LogP contribution in [0.3, 0.4) is 0 Å². The van der Waals surface area contributed by atoms with Crippen LogP contribution >= 0.6 is 31.9 Å². The Labute approximate surface area is 191 Å². The quantitative estimate of drug-likeness (QED) is 0.201. The van der Waals surface area contributed by atoms with Crippen molar-refractivity contribution in [3.63, 3.8) is 0 Å². The van der Waals surface area contributed by atoms with E-state index in [9.17, 15) is 0 Å². The minimum Gasteiger partial charge on any atom is -0.456 e. The van der Waals surface area contributed by atoms with E-state index in [1.165, 1.54) is 0 Å². The maximum Gasteiger partial charge on any atom is 0.136 e. The zero-order chi connectivity index (χ0) is 20.2. The van der Waals surface area contributed by atoms with E-state index in [4.69, 9.17) is 9.47 Å². The van der Waals surface area contributed by atoms with Crippen LogP contribution in [0.1, 0.15) is 22.3 Å². The van der Waals surface area contributed by atoms with Crippen molar-refractivity contribution in [2.24, 2.45) is 0 Å². The van der Waals surface area contributed by atoms with Crippen LogP contribution in [0.15, 0.2) is 93.9 Å². The maximum absolute atomic E-state index is 6.27. The molecule has 0 N–H and O–H groups in total. The minimum atomic E-state index is 0.841. The monoisotopic (exact) mass is 516 g/mol. The average molecular weight is 518 g/mol. The highest BCUT2D eigenvalue weighted by atomic mass is 79.9. The van der Waals surface area contributed by atoms with Crippen LogP contribution in [0.25, 0.3) is 11.1 Å². The molecular formula is C26H14Br2O2. The smallest absolute Gasteiger partial charge is 0.136 e. The Bertz CT molecular complexity index is 1270. The van der Waals surface area contributed by atoms with Gasteiger partial charge in [0.05, 0.1) is 0 Å². The van der Waals surface area contributed by atoms with Crippen LogP contribution in [-0.4, -0.2) is 0 Å². The summed E-state index contributed by atoms with van der Waals surface area (Å²) >= 11 is 7.17. The molecule has 0 saturated carbocycles. The number of benzene rings is 4. The average Bonchev–Trinajstić information content (AvgIpc) is 2.76. The Hall–Kier alpha value is -2.82. The van der Waals surface area contributed by atoms with Gasteiger partial charge in [-0.05, 0) is 48.5 Å². The number of halogens is 2. The number of hydrogen-bond acceptors (Lipinski definition) is 2. The van der Waals surface area contributed by atoms with Gasteiger partial charge in [0.25, 0.3) is 0 Å². The van der Waals surface area contributed by atoms with Crippen LogP contribution in [0, 0.1) is 0 Å². The molecule has 0 fully saturated rings. The first-order valence-electron chi connectivity index (χ1n) is 9.58. The number of fused-ring (bicyclic) bond motifs is 4. The van der Waals surface area contributed by atoms with E-state index in [0.717, 1.165) is 65.3 Å². The lowest BCUT2D eigenvalue weighted by molar-refractivity contribution is 0.471. The molecule has 2 aliphatic heterocycles. The summed E-state index contributed by atoms with van der Waals surface area (Å²) < 4.78 is 14.5. The molecule has 0 radical (unpaired) electrons. The zero-order valence-corrected chi connectivity index (χ0v) is 18.8. The molecule has 4 heteroatoms. The fourth-order valence-electron chi connectivity index (χ4n) is 4.16. The lowest BCUT2D eigenvalue weighted by Crippen LogP contribution is -2.09. The van der Waals surface area contributed by atoms with Gasteiger partial charge >= 0.3 is 0 Å². The van der Waals surface area contributed by atoms with E-state index >= 15 is 0 Å². The summed E-state index contributed by atoms with van der Waals surface area (Å²) in [5, 5.41) is 0. The lowest BCUT2D eigenvalue weighted by Gasteiger charge is -2.30. The number of ether oxygens (including phenoxy) is 2. The fourth-order valence-corrected chi connectivity index (χ4v) is 4.84. The number of rotatable bonds is 0. The Morgan fingerprint density at radius 1 is 0.433 bits per heavy atom. The van der Waals surface area contributed by atoms with Crippen LogP contribution in [0.4, 0.5) is 0 Å². The van der Waals surface area contributed by atoms with Crippen LogP contribution in [-0.2, 0) is 0 Å². The highest BCUT2D eigenvalue weighted by Gasteiger charge is 2.30. The van der Waals surface area contributed by atoms with Crippen LogP contribution in [0.5, 0.6) is 23.0 Å². The van der Waals surface area contributed by atoms with Crippen molar-refractivity contribution < 1.29 is 9.47 Å². The van der Waals surface area contributed by atoms with E-state index in [1.807, 2.05) is 36.4 Å². The largest absolute Gasteiger partial charge is 0.456 e. The van der Waals surface area contributed by atoms with Crippen molar-refractivity contribution in [3.05, 3.63) is 116 Å². The van der Waals surface area contributed by atoms with Crippen LogP contribution < -0.4 is 9.47 Å². The van der Waals surface area contributed by atoms with Crippen molar-refractivity contribution in [1.29, 1.82) is 0 Å². The third kappa shape index (κ3) is 2.75. The number of para-hydroxylation sites is 2. The second kappa shape index (κ2) is 6.86. The van der Waals surface area contributed by atoms with E-state index < -0.39 is 0 Å². The summed E-state index contributed by atoms with van der Waals surface area (Å²) in [6.07, 6.45) is 0. The third-order valence-corrected chi connectivity index (χ3v) is 6.42. The first-order valence-corrected chi connectivity index (χ1v) is 11.2. The molecular weight excluding hydrogens is 504 g/mol. The summed E-state index contributed by atoms with van der Waals surface area (Å²) in [7, 11) is 0. The van der Waals surface area contributed by atoms with Gasteiger partial charge in [0.2, 0.25) is 0 Å². The van der Waals surface area contributed by atoms with Gasteiger partial charge in [-0.1, -0.05) is 68.3 Å². The first-order chi connectivity index (χ1) is 14.7. The Balaban J connectivity index is 1.78. The first kappa shape index (κ1) is 18.0. The molecule has 0 amide bonds. The summed E-state index contributed by atoms with van der Waals surface area (Å²) in [6.45, 7) is 0. The van der Waals surface area contributed by atoms with Gasteiger partial charge in [0.1, 0.15) is 23.0 Å². The SMILES string of the molecule is Brc1ccc2c(c1)Oc1ccccc1C2=C1c2ccccc2Oc2cc(Br)ccc21. The molecule has 0 atom stereocenters. The molecule has 2 nitrogen and oxygen atoms in total. The maximum atomic E-state index is 6.27. The molecule has 30 heavy (non-hydrogen) atoms. The predicted octanol–water partition coefficient (Wildman–Crippen LogP) is 8.43. The normalized spacial score (nSPS) is 15.8. The zero-order valence-electron chi connectivity index (χ0n) is 15.7. The van der Waals surface area contributed by atoms with Crippen LogP contribution in [0.2, 0.25) is 0 Å². The molecule has 0 aliphatic carbocycles. The van der Waals surface area contributed by atoms with Crippen molar-refractivity contribution in [3.8, 4) is 23.0 Å². The summed E-state index contributed by atoms with van der Waals surface area (Å²) in [6, 6.07) is 28.8. The van der Waals surface area contributed by atoms with Crippen molar-refractivity contribution in [2.45, 2.75) is 0 Å². The van der Waals surface area contributed by atoms with Crippen molar-refractivity contribution in [1.82, 2.24) is 0 Å². The minimum absolute atomic E-state index is 0.841. The fraction of sp³-hybridized carbons (Fsp3) is 0. The van der Waals surface area contributed by atoms with Gasteiger partial charge in [0, 0.05) is 42.3 Å². The third-order valence-electron chi connectivity index (χ3n) is 5.43. The van der Waals surface area contributed by atoms with Crippen molar-refractivity contribution >= 4 is 43.0 Å². The Morgan fingerprint density at radius 2 is 0.833 bits per heavy atom. The molecule has 0 aromatic heterocycles. The molecule has 0 spiro atoms. The molecule has 2 heterocycles. The predicted molar refractivity (Wildman–Crippen MR) is 126 cm³/mol. The van der Waals surface area contributed by atoms with Gasteiger partial charge in [-0.2, -0.15) is 0 Å². The Morgan fingerprint density at radius 3 is 1.30 bits per heavy atom. The molecule has 0 bridgehead atoms. The van der Waals surface area contributed by atoms with E-state index in [2.05, 4.69) is 80.4 Å². The van der Waals surface area contributed by atoms with E-state index in [0.29, 0.717) is 0 Å². The van der Waals surface area contributed by atoms with E-state index in [1.54, 1.807) is 0 Å². The van der Waals surface area contributed by atoms with Gasteiger partial charge in [-0.15, -0.1) is 0 Å². The highest BCUT2D eigenvalue weighted by Crippen LogP contribution is 2.53.